The van der Waals surface area contributed by atoms with Crippen molar-refractivity contribution in [3.8, 4) is 5.75 Å². The Hall–Kier alpha value is -2.82. The Balaban J connectivity index is 2.08. The average Bonchev–Trinajstić information content (AvgIpc) is 2.53. The highest BCUT2D eigenvalue weighted by Gasteiger charge is 2.06. The summed E-state index contributed by atoms with van der Waals surface area (Å²) < 4.78 is 5.08. The van der Waals surface area contributed by atoms with E-state index in [9.17, 15) is 4.79 Å². The predicted octanol–water partition coefficient (Wildman–Crippen LogP) is 2.43. The van der Waals surface area contributed by atoms with Crippen LogP contribution in [0.25, 0.3) is 0 Å². The van der Waals surface area contributed by atoms with Gasteiger partial charge in [-0.2, -0.15) is 5.10 Å². The van der Waals surface area contributed by atoms with Crippen molar-refractivity contribution >= 4 is 17.3 Å². The van der Waals surface area contributed by atoms with E-state index in [1.54, 1.807) is 43.5 Å². The quantitative estimate of drug-likeness (QED) is 0.514. The van der Waals surface area contributed by atoms with E-state index >= 15 is 0 Å². The van der Waals surface area contributed by atoms with Crippen molar-refractivity contribution in [2.45, 2.75) is 6.92 Å². The number of carbonyl (C=O) groups excluding carboxylic acids is 1. The fraction of sp³-hybridized carbons (Fsp3) is 0.125. The van der Waals surface area contributed by atoms with Crippen LogP contribution < -0.4 is 15.9 Å². The molecule has 0 unspecified atom stereocenters. The summed E-state index contributed by atoms with van der Waals surface area (Å²) in [5, 5.41) is 4.09. The van der Waals surface area contributed by atoms with Gasteiger partial charge in [0.15, 0.2) is 0 Å². The van der Waals surface area contributed by atoms with Crippen LogP contribution in [0.4, 0.5) is 5.69 Å². The largest absolute Gasteiger partial charge is 0.497 e. The van der Waals surface area contributed by atoms with Gasteiger partial charge in [0.05, 0.1) is 12.8 Å². The van der Waals surface area contributed by atoms with E-state index in [1.165, 1.54) is 0 Å². The molecule has 5 heteroatoms. The molecule has 2 rings (SSSR count). The van der Waals surface area contributed by atoms with Gasteiger partial charge in [-0.05, 0) is 42.8 Å². The van der Waals surface area contributed by atoms with Crippen LogP contribution in [0, 0.1) is 0 Å². The molecule has 0 radical (unpaired) electrons. The van der Waals surface area contributed by atoms with Crippen molar-refractivity contribution in [2.24, 2.45) is 5.10 Å². The van der Waals surface area contributed by atoms with Crippen molar-refractivity contribution in [3.63, 3.8) is 0 Å². The minimum atomic E-state index is -0.288. The molecule has 0 aromatic heterocycles. The minimum Gasteiger partial charge on any atom is -0.497 e. The first-order valence-electron chi connectivity index (χ1n) is 6.45. The molecule has 2 aromatic carbocycles. The van der Waals surface area contributed by atoms with Crippen LogP contribution in [0.3, 0.4) is 0 Å². The molecule has 108 valence electrons. The molecule has 0 heterocycles. The van der Waals surface area contributed by atoms with Crippen molar-refractivity contribution in [3.05, 3.63) is 59.7 Å². The maximum atomic E-state index is 12.0. The molecule has 5 nitrogen and oxygen atoms in total. The van der Waals surface area contributed by atoms with Gasteiger partial charge in [0.25, 0.3) is 5.91 Å². The standard InChI is InChI=1S/C16H17N3O2/c1-11(12-6-8-14(17)9-7-12)18-19-16(20)13-4-3-5-15(10-13)21-2/h3-10H,17H2,1-2H3,(H,19,20)/b18-11+. The molecule has 0 atom stereocenters. The molecule has 0 spiro atoms. The van der Waals surface area contributed by atoms with Gasteiger partial charge >= 0.3 is 0 Å². The number of nitrogen functional groups attached to an aromatic ring is 1. The molecule has 21 heavy (non-hydrogen) atoms. The molecule has 0 saturated carbocycles. The van der Waals surface area contributed by atoms with E-state index in [2.05, 4.69) is 10.5 Å². The molecule has 0 saturated heterocycles. The number of nitrogens with zero attached hydrogens (tertiary/aromatic N) is 1. The number of hydrogen-bond acceptors (Lipinski definition) is 4. The van der Waals surface area contributed by atoms with E-state index in [0.29, 0.717) is 22.7 Å². The van der Waals surface area contributed by atoms with Crippen LogP contribution in [0.2, 0.25) is 0 Å². The highest BCUT2D eigenvalue weighted by molar-refractivity contribution is 6.01. The zero-order chi connectivity index (χ0) is 15.2. The fourth-order valence-electron chi connectivity index (χ4n) is 1.75. The Morgan fingerprint density at radius 2 is 1.86 bits per heavy atom. The van der Waals surface area contributed by atoms with E-state index in [-0.39, 0.29) is 5.91 Å². The molecule has 2 aromatic rings. The number of hydrogen-bond donors (Lipinski definition) is 2. The highest BCUT2D eigenvalue weighted by atomic mass is 16.5. The number of hydrazone groups is 1. The van der Waals surface area contributed by atoms with Crippen LogP contribution in [0.1, 0.15) is 22.8 Å². The second-order valence-corrected chi connectivity index (χ2v) is 4.49. The van der Waals surface area contributed by atoms with Crippen LogP contribution in [0.15, 0.2) is 53.6 Å². The zero-order valence-corrected chi connectivity index (χ0v) is 12.0. The number of methoxy groups -OCH3 is 1. The number of rotatable bonds is 4. The van der Waals surface area contributed by atoms with Gasteiger partial charge in [-0.1, -0.05) is 18.2 Å². The van der Waals surface area contributed by atoms with Crippen LogP contribution in [-0.4, -0.2) is 18.7 Å². The maximum absolute atomic E-state index is 12.0. The molecule has 0 bridgehead atoms. The molecular weight excluding hydrogens is 266 g/mol. The van der Waals surface area contributed by atoms with Crippen molar-refractivity contribution in [2.75, 3.05) is 12.8 Å². The molecule has 0 fully saturated rings. The third-order valence-corrected chi connectivity index (χ3v) is 2.99. The number of nitrogens with two attached hydrogens (primary N) is 1. The number of anilines is 1. The van der Waals surface area contributed by atoms with Gasteiger partial charge < -0.3 is 10.5 Å². The van der Waals surface area contributed by atoms with E-state index < -0.39 is 0 Å². The lowest BCUT2D eigenvalue weighted by atomic mass is 10.1. The number of nitrogens with one attached hydrogen (secondary N) is 1. The smallest absolute Gasteiger partial charge is 0.271 e. The van der Waals surface area contributed by atoms with E-state index in [0.717, 1.165) is 5.56 Å². The first-order chi connectivity index (χ1) is 10.1. The van der Waals surface area contributed by atoms with Crippen molar-refractivity contribution < 1.29 is 9.53 Å². The summed E-state index contributed by atoms with van der Waals surface area (Å²) in [6.45, 7) is 1.82. The zero-order valence-electron chi connectivity index (χ0n) is 12.0. The Morgan fingerprint density at radius 1 is 1.14 bits per heavy atom. The van der Waals surface area contributed by atoms with Crippen LogP contribution in [0.5, 0.6) is 5.75 Å². The average molecular weight is 283 g/mol. The molecule has 0 aliphatic carbocycles. The normalized spacial score (nSPS) is 11.0. The first-order valence-corrected chi connectivity index (χ1v) is 6.45. The number of ether oxygens (including phenoxy) is 1. The Labute approximate surface area is 123 Å². The first kappa shape index (κ1) is 14.6. The summed E-state index contributed by atoms with van der Waals surface area (Å²) in [7, 11) is 1.56. The lowest BCUT2D eigenvalue weighted by molar-refractivity contribution is 0.0954. The fourth-order valence-corrected chi connectivity index (χ4v) is 1.75. The summed E-state index contributed by atoms with van der Waals surface area (Å²) in [5.74, 6) is 0.339. The molecule has 3 N–H and O–H groups in total. The second kappa shape index (κ2) is 6.56. The maximum Gasteiger partial charge on any atom is 0.271 e. The molecule has 1 amide bonds. The summed E-state index contributed by atoms with van der Waals surface area (Å²) in [6.07, 6.45) is 0. The SMILES string of the molecule is COc1cccc(C(=O)N/N=C(\C)c2ccc(N)cc2)c1. The summed E-state index contributed by atoms with van der Waals surface area (Å²) >= 11 is 0. The predicted molar refractivity (Wildman–Crippen MR) is 83.5 cm³/mol. The number of amides is 1. The molecular formula is C16H17N3O2. The number of carbonyl (C=O) groups is 1. The van der Waals surface area contributed by atoms with E-state index in [4.69, 9.17) is 10.5 Å². The van der Waals surface area contributed by atoms with Gasteiger partial charge in [0.2, 0.25) is 0 Å². The minimum absolute atomic E-state index is 0.288. The van der Waals surface area contributed by atoms with Crippen molar-refractivity contribution in [1.29, 1.82) is 0 Å². The van der Waals surface area contributed by atoms with Gasteiger partial charge in [0, 0.05) is 11.3 Å². The summed E-state index contributed by atoms with van der Waals surface area (Å²) in [5.41, 5.74) is 10.9. The topological polar surface area (TPSA) is 76.7 Å². The highest BCUT2D eigenvalue weighted by Crippen LogP contribution is 2.12. The molecule has 0 aliphatic heterocycles. The van der Waals surface area contributed by atoms with Crippen LogP contribution in [-0.2, 0) is 0 Å². The monoisotopic (exact) mass is 283 g/mol. The van der Waals surface area contributed by atoms with Gasteiger partial charge in [-0.25, -0.2) is 5.43 Å². The van der Waals surface area contributed by atoms with Crippen LogP contribution >= 0.6 is 0 Å². The number of benzene rings is 2. The lowest BCUT2D eigenvalue weighted by Gasteiger charge is -2.05. The summed E-state index contributed by atoms with van der Waals surface area (Å²) in [4.78, 5) is 12.0. The summed E-state index contributed by atoms with van der Waals surface area (Å²) in [6, 6.07) is 14.2. The Morgan fingerprint density at radius 3 is 2.52 bits per heavy atom. The van der Waals surface area contributed by atoms with Crippen molar-refractivity contribution in [1.82, 2.24) is 5.43 Å². The second-order valence-electron chi connectivity index (χ2n) is 4.49. The third-order valence-electron chi connectivity index (χ3n) is 2.99. The molecule has 0 aliphatic rings. The van der Waals surface area contributed by atoms with Gasteiger partial charge in [-0.3, -0.25) is 4.79 Å². The van der Waals surface area contributed by atoms with Gasteiger partial charge in [0.1, 0.15) is 5.75 Å². The third kappa shape index (κ3) is 3.82. The lowest BCUT2D eigenvalue weighted by Crippen LogP contribution is -2.19. The Bertz CT molecular complexity index is 663. The Kier molecular flexibility index (Phi) is 4.56. The van der Waals surface area contributed by atoms with Gasteiger partial charge in [-0.15, -0.1) is 0 Å². The van der Waals surface area contributed by atoms with E-state index in [1.807, 2.05) is 19.1 Å².